The SMILES string of the molecule is OCc1cc(Br)ccc1OCCn1ccnc1. The number of aromatic nitrogens is 2. The minimum atomic E-state index is -0.0279. The van der Waals surface area contributed by atoms with E-state index in [2.05, 4.69) is 20.9 Å². The van der Waals surface area contributed by atoms with Gasteiger partial charge in [0.15, 0.2) is 0 Å². The van der Waals surface area contributed by atoms with Crippen molar-refractivity contribution in [2.24, 2.45) is 0 Å². The minimum absolute atomic E-state index is 0.0279. The molecule has 0 aliphatic carbocycles. The maximum absolute atomic E-state index is 9.21. The van der Waals surface area contributed by atoms with E-state index in [1.165, 1.54) is 0 Å². The monoisotopic (exact) mass is 296 g/mol. The van der Waals surface area contributed by atoms with E-state index < -0.39 is 0 Å². The summed E-state index contributed by atoms with van der Waals surface area (Å²) < 4.78 is 8.50. The number of aliphatic hydroxyl groups excluding tert-OH is 1. The third kappa shape index (κ3) is 3.31. The highest BCUT2D eigenvalue weighted by atomic mass is 79.9. The zero-order valence-corrected chi connectivity index (χ0v) is 10.8. The van der Waals surface area contributed by atoms with Crippen molar-refractivity contribution in [3.63, 3.8) is 0 Å². The van der Waals surface area contributed by atoms with Crippen molar-refractivity contribution in [1.29, 1.82) is 0 Å². The molecule has 0 aliphatic rings. The van der Waals surface area contributed by atoms with Crippen molar-refractivity contribution in [1.82, 2.24) is 9.55 Å². The van der Waals surface area contributed by atoms with E-state index in [1.807, 2.05) is 29.0 Å². The summed E-state index contributed by atoms with van der Waals surface area (Å²) in [5.41, 5.74) is 0.782. The average Bonchev–Trinajstić information content (AvgIpc) is 2.84. The van der Waals surface area contributed by atoms with Crippen molar-refractivity contribution in [2.45, 2.75) is 13.2 Å². The highest BCUT2D eigenvalue weighted by Crippen LogP contribution is 2.23. The number of benzene rings is 1. The molecule has 0 unspecified atom stereocenters. The molecule has 1 heterocycles. The normalized spacial score (nSPS) is 10.5. The number of hydrogen-bond donors (Lipinski definition) is 1. The molecule has 0 atom stereocenters. The third-order valence-electron chi connectivity index (χ3n) is 2.36. The molecule has 17 heavy (non-hydrogen) atoms. The van der Waals surface area contributed by atoms with Crippen LogP contribution in [0.4, 0.5) is 0 Å². The van der Waals surface area contributed by atoms with Crippen LogP contribution >= 0.6 is 15.9 Å². The van der Waals surface area contributed by atoms with Crippen molar-refractivity contribution in [3.8, 4) is 5.75 Å². The van der Waals surface area contributed by atoms with E-state index >= 15 is 0 Å². The number of halogens is 1. The number of ether oxygens (including phenoxy) is 1. The second kappa shape index (κ2) is 5.84. The Kier molecular flexibility index (Phi) is 4.17. The van der Waals surface area contributed by atoms with Gasteiger partial charge in [0, 0.05) is 22.4 Å². The second-order valence-electron chi connectivity index (χ2n) is 3.56. The van der Waals surface area contributed by atoms with Crippen LogP contribution in [-0.4, -0.2) is 21.3 Å². The van der Waals surface area contributed by atoms with Crippen LogP contribution in [-0.2, 0) is 13.2 Å². The van der Waals surface area contributed by atoms with Crippen LogP contribution in [0.25, 0.3) is 0 Å². The Labute approximate surface area is 108 Å². The molecule has 2 rings (SSSR count). The molecule has 4 nitrogen and oxygen atoms in total. The first kappa shape index (κ1) is 12.1. The molecule has 1 N–H and O–H groups in total. The van der Waals surface area contributed by atoms with Gasteiger partial charge < -0.3 is 14.4 Å². The summed E-state index contributed by atoms with van der Waals surface area (Å²) >= 11 is 3.36. The predicted molar refractivity (Wildman–Crippen MR) is 67.8 cm³/mol. The summed E-state index contributed by atoms with van der Waals surface area (Å²) in [4.78, 5) is 3.95. The third-order valence-corrected chi connectivity index (χ3v) is 2.85. The number of nitrogens with zero attached hydrogens (tertiary/aromatic N) is 2. The summed E-state index contributed by atoms with van der Waals surface area (Å²) in [6, 6.07) is 5.60. The maximum atomic E-state index is 9.21. The summed E-state index contributed by atoms with van der Waals surface area (Å²) in [5, 5.41) is 9.21. The van der Waals surface area contributed by atoms with Gasteiger partial charge in [-0.1, -0.05) is 15.9 Å². The molecule has 0 aliphatic heterocycles. The minimum Gasteiger partial charge on any atom is -0.491 e. The van der Waals surface area contributed by atoms with E-state index in [0.717, 1.165) is 22.3 Å². The Balaban J connectivity index is 1.94. The molecule has 5 heteroatoms. The molecule has 0 radical (unpaired) electrons. The van der Waals surface area contributed by atoms with Crippen LogP contribution in [0.5, 0.6) is 5.75 Å². The van der Waals surface area contributed by atoms with Crippen LogP contribution in [0.2, 0.25) is 0 Å². The van der Waals surface area contributed by atoms with Crippen LogP contribution in [0.15, 0.2) is 41.4 Å². The van der Waals surface area contributed by atoms with Crippen molar-refractivity contribution < 1.29 is 9.84 Å². The first-order valence-corrected chi connectivity index (χ1v) is 6.06. The molecular weight excluding hydrogens is 284 g/mol. The Morgan fingerprint density at radius 2 is 2.29 bits per heavy atom. The molecule has 0 bridgehead atoms. The summed E-state index contributed by atoms with van der Waals surface area (Å²) in [6.45, 7) is 1.26. The lowest BCUT2D eigenvalue weighted by atomic mass is 10.2. The van der Waals surface area contributed by atoms with E-state index in [4.69, 9.17) is 4.74 Å². The van der Waals surface area contributed by atoms with Crippen LogP contribution in [0.1, 0.15) is 5.56 Å². The summed E-state index contributed by atoms with van der Waals surface area (Å²) in [5.74, 6) is 0.718. The first-order valence-electron chi connectivity index (χ1n) is 5.27. The van der Waals surface area contributed by atoms with Crippen LogP contribution < -0.4 is 4.74 Å². The van der Waals surface area contributed by atoms with E-state index in [-0.39, 0.29) is 6.61 Å². The smallest absolute Gasteiger partial charge is 0.124 e. The predicted octanol–water partition coefficient (Wildman–Crippen LogP) is 2.22. The van der Waals surface area contributed by atoms with Crippen LogP contribution in [0, 0.1) is 0 Å². The largest absolute Gasteiger partial charge is 0.491 e. The van der Waals surface area contributed by atoms with Crippen LogP contribution in [0.3, 0.4) is 0 Å². The molecule has 0 fully saturated rings. The standard InChI is InChI=1S/C12H13BrN2O2/c13-11-1-2-12(10(7-11)8-16)17-6-5-15-4-3-14-9-15/h1-4,7,9,16H,5-6,8H2. The van der Waals surface area contributed by atoms with E-state index in [9.17, 15) is 5.11 Å². The fourth-order valence-corrected chi connectivity index (χ4v) is 1.90. The Bertz CT molecular complexity index is 471. The van der Waals surface area contributed by atoms with Gasteiger partial charge in [0.2, 0.25) is 0 Å². The summed E-state index contributed by atoms with van der Waals surface area (Å²) in [6.07, 6.45) is 5.37. The molecular formula is C12H13BrN2O2. The fourth-order valence-electron chi connectivity index (χ4n) is 1.49. The summed E-state index contributed by atoms with van der Waals surface area (Å²) in [7, 11) is 0. The second-order valence-corrected chi connectivity index (χ2v) is 4.47. The molecule has 0 spiro atoms. The first-order chi connectivity index (χ1) is 8.29. The molecule has 0 amide bonds. The topological polar surface area (TPSA) is 47.3 Å². The van der Waals surface area contributed by atoms with Crippen molar-refractivity contribution in [2.75, 3.05) is 6.61 Å². The fraction of sp³-hybridized carbons (Fsp3) is 0.250. The number of hydrogen-bond acceptors (Lipinski definition) is 3. The van der Waals surface area contributed by atoms with Gasteiger partial charge in [-0.05, 0) is 18.2 Å². The van der Waals surface area contributed by atoms with Gasteiger partial charge >= 0.3 is 0 Å². The number of aliphatic hydroxyl groups is 1. The zero-order valence-electron chi connectivity index (χ0n) is 9.21. The Hall–Kier alpha value is -1.33. The van der Waals surface area contributed by atoms with Gasteiger partial charge in [0.25, 0.3) is 0 Å². The lowest BCUT2D eigenvalue weighted by molar-refractivity contribution is 0.258. The quantitative estimate of drug-likeness (QED) is 0.920. The molecule has 2 aromatic rings. The Morgan fingerprint density at radius 1 is 1.41 bits per heavy atom. The maximum Gasteiger partial charge on any atom is 0.124 e. The van der Waals surface area contributed by atoms with E-state index in [1.54, 1.807) is 12.5 Å². The van der Waals surface area contributed by atoms with Gasteiger partial charge in [0.1, 0.15) is 12.4 Å². The average molecular weight is 297 g/mol. The van der Waals surface area contributed by atoms with Gasteiger partial charge in [0.05, 0.1) is 19.5 Å². The van der Waals surface area contributed by atoms with Crippen molar-refractivity contribution >= 4 is 15.9 Å². The highest BCUT2D eigenvalue weighted by molar-refractivity contribution is 9.10. The van der Waals surface area contributed by atoms with Gasteiger partial charge in [-0.3, -0.25) is 0 Å². The molecule has 0 saturated heterocycles. The number of rotatable bonds is 5. The highest BCUT2D eigenvalue weighted by Gasteiger charge is 2.03. The van der Waals surface area contributed by atoms with Gasteiger partial charge in [-0.25, -0.2) is 4.98 Å². The molecule has 1 aromatic carbocycles. The molecule has 0 saturated carbocycles. The lowest BCUT2D eigenvalue weighted by Gasteiger charge is -2.10. The lowest BCUT2D eigenvalue weighted by Crippen LogP contribution is -2.07. The number of imidazole rings is 1. The van der Waals surface area contributed by atoms with Crippen molar-refractivity contribution in [3.05, 3.63) is 47.0 Å². The Morgan fingerprint density at radius 3 is 3.00 bits per heavy atom. The van der Waals surface area contributed by atoms with Gasteiger partial charge in [-0.15, -0.1) is 0 Å². The molecule has 90 valence electrons. The zero-order chi connectivity index (χ0) is 12.1. The van der Waals surface area contributed by atoms with Gasteiger partial charge in [-0.2, -0.15) is 0 Å². The van der Waals surface area contributed by atoms with E-state index in [0.29, 0.717) is 6.61 Å². The molecule has 1 aromatic heterocycles.